The van der Waals surface area contributed by atoms with E-state index in [1.807, 2.05) is 6.07 Å². The van der Waals surface area contributed by atoms with E-state index in [0.717, 1.165) is 0 Å². The molecule has 0 amide bonds. The topological polar surface area (TPSA) is 143 Å². The molecule has 0 aliphatic rings. The van der Waals surface area contributed by atoms with Gasteiger partial charge in [-0.1, -0.05) is 66.7 Å². The maximum absolute atomic E-state index is 13.9. The molecule has 0 bridgehead atoms. The molecule has 0 saturated heterocycles. The Hall–Kier alpha value is -5.57. The van der Waals surface area contributed by atoms with Gasteiger partial charge in [0.2, 0.25) is 0 Å². The number of nitrogen functional groups attached to an aromatic ring is 2. The van der Waals surface area contributed by atoms with Crippen LogP contribution in [0.3, 0.4) is 0 Å². The van der Waals surface area contributed by atoms with E-state index in [1.165, 1.54) is 6.20 Å². The SMILES string of the molecule is Nc1c(N)c(-c2ccnnn2)c(-c2ccccc2)c(C(=O)Oc2ccccc2)c1C(=O)Oc1ccccc1. The highest BCUT2D eigenvalue weighted by Crippen LogP contribution is 2.44. The van der Waals surface area contributed by atoms with Crippen molar-refractivity contribution in [3.8, 4) is 33.9 Å². The van der Waals surface area contributed by atoms with Gasteiger partial charge in [-0.25, -0.2) is 9.59 Å². The normalized spacial score (nSPS) is 10.5. The van der Waals surface area contributed by atoms with Crippen LogP contribution in [0.2, 0.25) is 0 Å². The fourth-order valence-electron chi connectivity index (χ4n) is 4.03. The zero-order valence-electron chi connectivity index (χ0n) is 19.9. The van der Waals surface area contributed by atoms with Gasteiger partial charge < -0.3 is 20.9 Å². The van der Waals surface area contributed by atoms with Crippen LogP contribution in [0.25, 0.3) is 22.4 Å². The van der Waals surface area contributed by atoms with E-state index < -0.39 is 11.9 Å². The summed E-state index contributed by atoms with van der Waals surface area (Å²) >= 11 is 0. The third-order valence-corrected chi connectivity index (χ3v) is 5.72. The van der Waals surface area contributed by atoms with Gasteiger partial charge in [0.1, 0.15) is 17.1 Å². The molecule has 1 heterocycles. The smallest absolute Gasteiger partial charge is 0.346 e. The van der Waals surface area contributed by atoms with Gasteiger partial charge in [-0.15, -0.1) is 10.2 Å². The number of nitrogens with two attached hydrogens (primary N) is 2. The minimum Gasteiger partial charge on any atom is -0.423 e. The standard InChI is InChI=1S/C29H21N5O4/c30-26-23(21-16-17-32-34-33-21)22(18-10-4-1-5-11-18)24(28(35)37-19-12-6-2-7-13-19)25(27(26)31)29(36)38-20-14-8-3-9-15-20/h1-17H,30-31H2. The van der Waals surface area contributed by atoms with Crippen molar-refractivity contribution in [1.82, 2.24) is 15.4 Å². The summed E-state index contributed by atoms with van der Waals surface area (Å²) < 4.78 is 11.3. The predicted molar refractivity (Wildman–Crippen MR) is 142 cm³/mol. The molecule has 0 aliphatic carbocycles. The molecule has 5 aromatic rings. The van der Waals surface area contributed by atoms with E-state index in [4.69, 9.17) is 20.9 Å². The molecule has 0 radical (unpaired) electrons. The Balaban J connectivity index is 1.81. The van der Waals surface area contributed by atoms with Crippen LogP contribution in [-0.4, -0.2) is 27.3 Å². The summed E-state index contributed by atoms with van der Waals surface area (Å²) in [5.74, 6) is -1.15. The van der Waals surface area contributed by atoms with E-state index in [-0.39, 0.29) is 34.0 Å². The van der Waals surface area contributed by atoms with E-state index in [9.17, 15) is 9.59 Å². The number of nitrogens with zero attached hydrogens (tertiary/aromatic N) is 3. The lowest BCUT2D eigenvalue weighted by Crippen LogP contribution is -2.22. The minimum absolute atomic E-state index is 0.0284. The van der Waals surface area contributed by atoms with Gasteiger partial charge in [0.25, 0.3) is 0 Å². The Morgan fingerprint density at radius 2 is 1.13 bits per heavy atom. The number of anilines is 2. The van der Waals surface area contributed by atoms with Gasteiger partial charge in [-0.3, -0.25) is 0 Å². The molecule has 9 heteroatoms. The second-order valence-corrected chi connectivity index (χ2v) is 8.10. The Bertz CT molecular complexity index is 1600. The van der Waals surface area contributed by atoms with Gasteiger partial charge in [0, 0.05) is 11.1 Å². The lowest BCUT2D eigenvalue weighted by atomic mass is 9.86. The monoisotopic (exact) mass is 503 g/mol. The third-order valence-electron chi connectivity index (χ3n) is 5.72. The second-order valence-electron chi connectivity index (χ2n) is 8.10. The molecular formula is C29H21N5O4. The molecule has 0 aliphatic heterocycles. The van der Waals surface area contributed by atoms with E-state index in [2.05, 4.69) is 15.4 Å². The number of hydrogen-bond acceptors (Lipinski definition) is 9. The van der Waals surface area contributed by atoms with Crippen LogP contribution in [0.15, 0.2) is 103 Å². The molecule has 0 spiro atoms. The first-order valence-corrected chi connectivity index (χ1v) is 11.5. The van der Waals surface area contributed by atoms with Gasteiger partial charge in [0.15, 0.2) is 0 Å². The van der Waals surface area contributed by atoms with Crippen molar-refractivity contribution in [2.24, 2.45) is 0 Å². The third kappa shape index (κ3) is 4.76. The fraction of sp³-hybridized carbons (Fsp3) is 0. The van der Waals surface area contributed by atoms with Gasteiger partial charge in [-0.2, -0.15) is 0 Å². The van der Waals surface area contributed by atoms with E-state index in [1.54, 1.807) is 91.0 Å². The zero-order chi connectivity index (χ0) is 26.5. The zero-order valence-corrected chi connectivity index (χ0v) is 19.9. The second kappa shape index (κ2) is 10.6. The molecule has 4 N–H and O–H groups in total. The largest absolute Gasteiger partial charge is 0.423 e. The van der Waals surface area contributed by atoms with Crippen LogP contribution in [0, 0.1) is 0 Å². The number of benzene rings is 4. The quantitative estimate of drug-likeness (QED) is 0.189. The van der Waals surface area contributed by atoms with Crippen LogP contribution >= 0.6 is 0 Å². The number of hydrogen-bond donors (Lipinski definition) is 2. The van der Waals surface area contributed by atoms with Crippen molar-refractivity contribution < 1.29 is 19.1 Å². The molecular weight excluding hydrogens is 482 g/mol. The van der Waals surface area contributed by atoms with Gasteiger partial charge in [0.05, 0.1) is 28.8 Å². The number of carbonyl (C=O) groups is 2. The van der Waals surface area contributed by atoms with Crippen LogP contribution in [0.4, 0.5) is 11.4 Å². The van der Waals surface area contributed by atoms with Crippen LogP contribution in [0.5, 0.6) is 11.5 Å². The van der Waals surface area contributed by atoms with Crippen LogP contribution < -0.4 is 20.9 Å². The Morgan fingerprint density at radius 3 is 1.66 bits per heavy atom. The maximum atomic E-state index is 13.9. The summed E-state index contributed by atoms with van der Waals surface area (Å²) in [7, 11) is 0. The van der Waals surface area contributed by atoms with Crippen molar-refractivity contribution in [3.63, 3.8) is 0 Å². The molecule has 0 atom stereocenters. The molecule has 1 aromatic heterocycles. The summed E-state index contributed by atoms with van der Waals surface area (Å²) in [6, 6.07) is 27.4. The highest BCUT2D eigenvalue weighted by Gasteiger charge is 2.33. The maximum Gasteiger partial charge on any atom is 0.346 e. The number of aromatic nitrogens is 3. The number of esters is 2. The number of ether oxygens (including phenoxy) is 2. The molecule has 0 saturated carbocycles. The van der Waals surface area contributed by atoms with Crippen molar-refractivity contribution >= 4 is 23.3 Å². The molecule has 38 heavy (non-hydrogen) atoms. The summed E-state index contributed by atoms with van der Waals surface area (Å²) in [5.41, 5.74) is 14.0. The fourth-order valence-corrected chi connectivity index (χ4v) is 4.03. The van der Waals surface area contributed by atoms with Crippen molar-refractivity contribution in [2.75, 3.05) is 11.5 Å². The van der Waals surface area contributed by atoms with Crippen molar-refractivity contribution in [2.45, 2.75) is 0 Å². The summed E-state index contributed by atoms with van der Waals surface area (Å²) in [6.07, 6.45) is 1.44. The molecule has 4 aromatic carbocycles. The highest BCUT2D eigenvalue weighted by atomic mass is 16.5. The molecule has 5 rings (SSSR count). The Labute approximate surface area is 217 Å². The number of carbonyl (C=O) groups excluding carboxylic acids is 2. The highest BCUT2D eigenvalue weighted by molar-refractivity contribution is 6.17. The van der Waals surface area contributed by atoms with Gasteiger partial charge in [-0.05, 0) is 41.1 Å². The van der Waals surface area contributed by atoms with Crippen LogP contribution in [0.1, 0.15) is 20.7 Å². The number of para-hydroxylation sites is 2. The predicted octanol–water partition coefficient (Wildman–Crippen LogP) is 4.81. The first-order chi connectivity index (χ1) is 18.5. The average Bonchev–Trinajstić information content (AvgIpc) is 2.96. The number of rotatable bonds is 6. The molecule has 9 nitrogen and oxygen atoms in total. The first-order valence-electron chi connectivity index (χ1n) is 11.5. The summed E-state index contributed by atoms with van der Waals surface area (Å²) in [4.78, 5) is 27.5. The minimum atomic E-state index is -0.870. The first kappa shape index (κ1) is 24.1. The molecule has 0 unspecified atom stereocenters. The average molecular weight is 504 g/mol. The lowest BCUT2D eigenvalue weighted by molar-refractivity contribution is 0.0693. The molecule has 0 fully saturated rings. The van der Waals surface area contributed by atoms with E-state index in [0.29, 0.717) is 22.4 Å². The van der Waals surface area contributed by atoms with Crippen molar-refractivity contribution in [1.29, 1.82) is 0 Å². The van der Waals surface area contributed by atoms with Crippen molar-refractivity contribution in [3.05, 3.63) is 114 Å². The Kier molecular flexibility index (Phi) is 6.73. The van der Waals surface area contributed by atoms with E-state index >= 15 is 0 Å². The Morgan fingerprint density at radius 1 is 0.605 bits per heavy atom. The summed E-state index contributed by atoms with van der Waals surface area (Å²) in [5, 5.41) is 11.5. The van der Waals surface area contributed by atoms with Gasteiger partial charge >= 0.3 is 11.9 Å². The molecule has 186 valence electrons. The lowest BCUT2D eigenvalue weighted by Gasteiger charge is -2.21. The summed E-state index contributed by atoms with van der Waals surface area (Å²) in [6.45, 7) is 0. The van der Waals surface area contributed by atoms with Crippen LogP contribution in [-0.2, 0) is 0 Å².